The molecule has 1 heterocycles. The maximum atomic E-state index is 12.8. The second-order valence-corrected chi connectivity index (χ2v) is 15.8. The lowest BCUT2D eigenvalue weighted by molar-refractivity contribution is -0.870. The molecular formula is C32H67N2O6P. The molecule has 4 atom stereocenters. The molecule has 0 saturated carbocycles. The Morgan fingerprint density at radius 2 is 1.39 bits per heavy atom. The van der Waals surface area contributed by atoms with Crippen LogP contribution in [-0.2, 0) is 23.2 Å². The van der Waals surface area contributed by atoms with Crippen molar-refractivity contribution in [3.8, 4) is 0 Å². The summed E-state index contributed by atoms with van der Waals surface area (Å²) in [6.07, 6.45) is 18.5. The smallest absolute Gasteiger partial charge is 0.285 e. The van der Waals surface area contributed by atoms with Crippen molar-refractivity contribution in [3.63, 3.8) is 0 Å². The summed E-state index contributed by atoms with van der Waals surface area (Å²) in [4.78, 5) is 12.8. The first-order valence-electron chi connectivity index (χ1n) is 16.5. The van der Waals surface area contributed by atoms with E-state index in [4.69, 9.17) is 18.6 Å². The van der Waals surface area contributed by atoms with Crippen LogP contribution in [0.3, 0.4) is 0 Å². The van der Waals surface area contributed by atoms with E-state index < -0.39 is 18.9 Å². The average molecular weight is 607 g/mol. The van der Waals surface area contributed by atoms with E-state index in [-0.39, 0.29) is 24.9 Å². The third-order valence-electron chi connectivity index (χ3n) is 8.57. The van der Waals surface area contributed by atoms with E-state index in [1.54, 1.807) is 12.2 Å². The highest BCUT2D eigenvalue weighted by Crippen LogP contribution is 2.50. The number of rotatable bonds is 24. The third kappa shape index (κ3) is 15.5. The lowest BCUT2D eigenvalue weighted by atomic mass is 9.96. The SMILES string of the molecule is CCCCCCCCCCCCCCCC(OC1CC(C)(C)N(OP(=O)([O-])OCC[N+](C)(C)C)C1(C)C)C(C)OC. The molecule has 246 valence electrons. The Labute approximate surface area is 254 Å². The molecule has 1 saturated heterocycles. The Balaban J connectivity index is 2.54. The molecule has 0 amide bonds. The number of hydrogen-bond acceptors (Lipinski definition) is 7. The number of methoxy groups -OCH3 is 1. The summed E-state index contributed by atoms with van der Waals surface area (Å²) >= 11 is 0. The lowest BCUT2D eigenvalue weighted by Gasteiger charge is -2.43. The zero-order chi connectivity index (χ0) is 31.2. The predicted octanol–water partition coefficient (Wildman–Crippen LogP) is 7.64. The number of ether oxygens (including phenoxy) is 2. The molecule has 41 heavy (non-hydrogen) atoms. The number of quaternary nitrogens is 1. The van der Waals surface area contributed by atoms with Crippen LogP contribution in [0.2, 0.25) is 0 Å². The summed E-state index contributed by atoms with van der Waals surface area (Å²) in [5.74, 6) is 0. The van der Waals surface area contributed by atoms with Gasteiger partial charge >= 0.3 is 0 Å². The molecule has 0 bridgehead atoms. The molecule has 9 heteroatoms. The Kier molecular flexibility index (Phi) is 17.8. The van der Waals surface area contributed by atoms with Crippen LogP contribution in [0.4, 0.5) is 0 Å². The second kappa shape index (κ2) is 18.7. The van der Waals surface area contributed by atoms with Gasteiger partial charge in [0, 0.05) is 12.6 Å². The molecule has 1 rings (SSSR count). The van der Waals surface area contributed by atoms with Crippen LogP contribution < -0.4 is 4.89 Å². The Hall–Kier alpha value is -0.0500. The van der Waals surface area contributed by atoms with Gasteiger partial charge in [0.1, 0.15) is 13.2 Å². The molecule has 0 spiro atoms. The van der Waals surface area contributed by atoms with Crippen molar-refractivity contribution in [2.75, 3.05) is 41.4 Å². The van der Waals surface area contributed by atoms with Crippen LogP contribution in [0.15, 0.2) is 0 Å². The van der Waals surface area contributed by atoms with Gasteiger partial charge in [-0.3, -0.25) is 4.57 Å². The van der Waals surface area contributed by atoms with Gasteiger partial charge in [-0.15, -0.1) is 0 Å². The Bertz CT molecular complexity index is 742. The first kappa shape index (κ1) is 39.0. The highest BCUT2D eigenvalue weighted by molar-refractivity contribution is 7.45. The molecule has 1 aliphatic rings. The van der Waals surface area contributed by atoms with Crippen LogP contribution in [0.25, 0.3) is 0 Å². The molecule has 8 nitrogen and oxygen atoms in total. The van der Waals surface area contributed by atoms with Crippen molar-refractivity contribution in [2.24, 2.45) is 0 Å². The quantitative estimate of drug-likeness (QED) is 0.0634. The van der Waals surface area contributed by atoms with E-state index in [1.165, 1.54) is 77.0 Å². The van der Waals surface area contributed by atoms with E-state index in [2.05, 4.69) is 13.8 Å². The van der Waals surface area contributed by atoms with Gasteiger partial charge in [-0.1, -0.05) is 90.4 Å². The van der Waals surface area contributed by atoms with Gasteiger partial charge in [-0.25, -0.2) is 4.62 Å². The van der Waals surface area contributed by atoms with Crippen molar-refractivity contribution in [3.05, 3.63) is 0 Å². The number of unbranched alkanes of at least 4 members (excludes halogenated alkanes) is 12. The fourth-order valence-corrected chi connectivity index (χ4v) is 6.80. The monoisotopic (exact) mass is 606 g/mol. The lowest BCUT2D eigenvalue weighted by Crippen LogP contribution is -2.52. The van der Waals surface area contributed by atoms with Crippen molar-refractivity contribution in [2.45, 2.75) is 167 Å². The molecule has 0 radical (unpaired) electrons. The fourth-order valence-electron chi connectivity index (χ4n) is 5.82. The average Bonchev–Trinajstić information content (AvgIpc) is 3.03. The van der Waals surface area contributed by atoms with Crippen molar-refractivity contribution < 1.29 is 32.6 Å². The maximum absolute atomic E-state index is 12.8. The summed E-state index contributed by atoms with van der Waals surface area (Å²) in [5.41, 5.74) is -1.22. The summed E-state index contributed by atoms with van der Waals surface area (Å²) < 4.78 is 36.6. The second-order valence-electron chi connectivity index (χ2n) is 14.5. The molecular weight excluding hydrogens is 539 g/mol. The van der Waals surface area contributed by atoms with Gasteiger partial charge in [-0.05, 0) is 47.5 Å². The van der Waals surface area contributed by atoms with E-state index in [0.29, 0.717) is 17.4 Å². The van der Waals surface area contributed by atoms with Crippen LogP contribution in [-0.4, -0.2) is 80.3 Å². The van der Waals surface area contributed by atoms with E-state index in [9.17, 15) is 9.46 Å². The molecule has 0 N–H and O–H groups in total. The van der Waals surface area contributed by atoms with Crippen LogP contribution in [0.5, 0.6) is 0 Å². The largest absolute Gasteiger partial charge is 0.755 e. The van der Waals surface area contributed by atoms with Gasteiger partial charge in [-0.2, -0.15) is 5.06 Å². The summed E-state index contributed by atoms with van der Waals surface area (Å²) in [6, 6.07) is 0. The highest BCUT2D eigenvalue weighted by atomic mass is 31.2. The standard InChI is InChI=1S/C32H67N2O6P/c1-11-12-13-14-15-16-17-18-19-20-21-22-23-24-29(28(2)37-10)39-30-27-31(3,4)33(32(30,5)6)40-41(35,36)38-26-25-34(7,8)9/h28-30H,11-27H2,1-10H3. The predicted molar refractivity (Wildman–Crippen MR) is 168 cm³/mol. The molecule has 0 aromatic rings. The zero-order valence-electron chi connectivity index (χ0n) is 28.5. The number of phosphoric acid groups is 1. The van der Waals surface area contributed by atoms with Crippen LogP contribution in [0, 0.1) is 0 Å². The van der Waals surface area contributed by atoms with Crippen molar-refractivity contribution in [1.29, 1.82) is 0 Å². The number of hydroxylamine groups is 2. The van der Waals surface area contributed by atoms with Gasteiger partial charge < -0.3 is 23.4 Å². The van der Waals surface area contributed by atoms with E-state index >= 15 is 0 Å². The van der Waals surface area contributed by atoms with Crippen molar-refractivity contribution in [1.82, 2.24) is 5.06 Å². The number of hydrogen-bond donors (Lipinski definition) is 0. The van der Waals surface area contributed by atoms with Gasteiger partial charge in [0.05, 0.1) is 45.0 Å². The number of phosphoric ester groups is 1. The Morgan fingerprint density at radius 3 is 1.85 bits per heavy atom. The molecule has 1 fully saturated rings. The van der Waals surface area contributed by atoms with Gasteiger partial charge in [0.25, 0.3) is 7.82 Å². The minimum Gasteiger partial charge on any atom is -0.755 e. The van der Waals surface area contributed by atoms with Gasteiger partial charge in [0.15, 0.2) is 0 Å². The van der Waals surface area contributed by atoms with Gasteiger partial charge in [0.2, 0.25) is 0 Å². The van der Waals surface area contributed by atoms with Crippen molar-refractivity contribution >= 4 is 7.82 Å². The molecule has 1 aliphatic heterocycles. The third-order valence-corrected chi connectivity index (χ3v) is 9.43. The Morgan fingerprint density at radius 1 is 0.902 bits per heavy atom. The molecule has 0 aliphatic carbocycles. The minimum absolute atomic E-state index is 0.0503. The minimum atomic E-state index is -4.53. The van der Waals surface area contributed by atoms with Crippen LogP contribution in [0.1, 0.15) is 138 Å². The molecule has 4 unspecified atom stereocenters. The zero-order valence-corrected chi connectivity index (χ0v) is 29.4. The summed E-state index contributed by atoms with van der Waals surface area (Å²) in [7, 11) is 3.17. The summed E-state index contributed by atoms with van der Waals surface area (Å²) in [5, 5.41) is 1.57. The molecule has 0 aromatic carbocycles. The van der Waals surface area contributed by atoms with E-state index in [0.717, 1.165) is 12.8 Å². The maximum Gasteiger partial charge on any atom is 0.285 e. The first-order valence-corrected chi connectivity index (χ1v) is 18.0. The number of nitrogens with zero attached hydrogens (tertiary/aromatic N) is 2. The normalized spacial score (nSPS) is 22.1. The number of likely N-dealkylation sites (N-methyl/N-ethyl adjacent to an activating group) is 1. The van der Waals surface area contributed by atoms with E-state index in [1.807, 2.05) is 48.8 Å². The topological polar surface area (TPSA) is 80.3 Å². The highest BCUT2D eigenvalue weighted by Gasteiger charge is 2.55. The first-order chi connectivity index (χ1) is 19.1. The summed E-state index contributed by atoms with van der Waals surface area (Å²) in [6.45, 7) is 12.9. The molecule has 0 aromatic heterocycles. The van der Waals surface area contributed by atoms with Crippen LogP contribution >= 0.6 is 7.82 Å². The fraction of sp³-hybridized carbons (Fsp3) is 1.00.